The van der Waals surface area contributed by atoms with E-state index in [2.05, 4.69) is 24.2 Å². The Morgan fingerprint density at radius 3 is 2.67 bits per heavy atom. The molecular formula is C14H28N2O2. The molecule has 0 aromatic heterocycles. The van der Waals surface area contributed by atoms with Crippen molar-refractivity contribution >= 4 is 5.97 Å². The van der Waals surface area contributed by atoms with Crippen LogP contribution in [0.1, 0.15) is 46.0 Å². The van der Waals surface area contributed by atoms with Gasteiger partial charge in [0.05, 0.1) is 0 Å². The predicted octanol–water partition coefficient (Wildman–Crippen LogP) is 1.95. The molecule has 0 heterocycles. The highest BCUT2D eigenvalue weighted by molar-refractivity contribution is 5.78. The lowest BCUT2D eigenvalue weighted by molar-refractivity contribution is -0.144. The molecule has 0 aliphatic heterocycles. The molecule has 0 radical (unpaired) electrons. The molecule has 1 saturated carbocycles. The fraction of sp³-hybridized carbons (Fsp3) is 0.929. The molecule has 2 N–H and O–H groups in total. The number of hydrogen-bond acceptors (Lipinski definition) is 3. The van der Waals surface area contributed by atoms with Crippen LogP contribution >= 0.6 is 0 Å². The summed E-state index contributed by atoms with van der Waals surface area (Å²) < 4.78 is 0. The van der Waals surface area contributed by atoms with Crippen LogP contribution in [-0.2, 0) is 4.79 Å². The topological polar surface area (TPSA) is 52.6 Å². The Morgan fingerprint density at radius 1 is 1.50 bits per heavy atom. The van der Waals surface area contributed by atoms with Crippen molar-refractivity contribution in [3.63, 3.8) is 0 Å². The molecule has 0 bridgehead atoms. The number of carboxylic acid groups (broad SMARTS) is 1. The zero-order valence-corrected chi connectivity index (χ0v) is 12.2. The summed E-state index contributed by atoms with van der Waals surface area (Å²) in [5, 5.41) is 12.1. The first-order valence-electron chi connectivity index (χ1n) is 7.01. The maximum Gasteiger partial charge on any atom is 0.323 e. The number of hydrogen-bond donors (Lipinski definition) is 2. The van der Waals surface area contributed by atoms with Crippen molar-refractivity contribution in [3.05, 3.63) is 0 Å². The number of carboxylic acids is 1. The van der Waals surface area contributed by atoms with Gasteiger partial charge in [0.15, 0.2) is 0 Å². The van der Waals surface area contributed by atoms with E-state index in [0.717, 1.165) is 12.5 Å². The Morgan fingerprint density at radius 2 is 2.17 bits per heavy atom. The van der Waals surface area contributed by atoms with Crippen molar-refractivity contribution in [1.29, 1.82) is 0 Å². The number of carbonyl (C=O) groups is 1. The van der Waals surface area contributed by atoms with Gasteiger partial charge in [0.2, 0.25) is 0 Å². The number of nitrogens with zero attached hydrogens (tertiary/aromatic N) is 1. The van der Waals surface area contributed by atoms with Gasteiger partial charge in [-0.1, -0.05) is 19.8 Å². The van der Waals surface area contributed by atoms with Gasteiger partial charge in [-0.15, -0.1) is 0 Å². The van der Waals surface area contributed by atoms with Crippen molar-refractivity contribution in [1.82, 2.24) is 10.2 Å². The lowest BCUT2D eigenvalue weighted by Crippen LogP contribution is -2.50. The Hall–Kier alpha value is -0.610. The number of nitrogens with one attached hydrogen (secondary N) is 1. The zero-order chi connectivity index (χ0) is 13.8. The minimum Gasteiger partial charge on any atom is -0.480 e. The van der Waals surface area contributed by atoms with Crippen LogP contribution in [0.3, 0.4) is 0 Å². The van der Waals surface area contributed by atoms with E-state index in [4.69, 9.17) is 0 Å². The molecule has 106 valence electrons. The van der Waals surface area contributed by atoms with Crippen molar-refractivity contribution in [2.75, 3.05) is 20.6 Å². The molecule has 0 saturated heterocycles. The van der Waals surface area contributed by atoms with Crippen LogP contribution in [0.5, 0.6) is 0 Å². The lowest BCUT2D eigenvalue weighted by atomic mass is 9.86. The van der Waals surface area contributed by atoms with Crippen LogP contribution in [-0.4, -0.2) is 48.2 Å². The molecule has 18 heavy (non-hydrogen) atoms. The number of likely N-dealkylation sites (N-methyl/N-ethyl adjacent to an activating group) is 1. The van der Waals surface area contributed by atoms with Gasteiger partial charge in [0.25, 0.3) is 0 Å². The fourth-order valence-electron chi connectivity index (χ4n) is 2.72. The summed E-state index contributed by atoms with van der Waals surface area (Å²) >= 11 is 0. The summed E-state index contributed by atoms with van der Waals surface area (Å²) in [6.07, 6.45) is 5.79. The highest BCUT2D eigenvalue weighted by Gasteiger charge is 2.32. The van der Waals surface area contributed by atoms with Crippen LogP contribution in [0.25, 0.3) is 0 Å². The third-order valence-corrected chi connectivity index (χ3v) is 4.52. The molecule has 0 spiro atoms. The third kappa shape index (κ3) is 3.95. The summed E-state index contributed by atoms with van der Waals surface area (Å²) in [5.74, 6) is 0.0387. The second-order valence-corrected chi connectivity index (χ2v) is 6.04. The van der Waals surface area contributed by atoms with Gasteiger partial charge < -0.3 is 15.3 Å². The molecule has 0 aromatic carbocycles. The molecule has 3 atom stereocenters. The van der Waals surface area contributed by atoms with E-state index >= 15 is 0 Å². The average Bonchev–Trinajstić information content (AvgIpc) is 2.35. The van der Waals surface area contributed by atoms with Crippen LogP contribution < -0.4 is 5.32 Å². The second kappa shape index (κ2) is 6.53. The summed E-state index contributed by atoms with van der Waals surface area (Å²) in [5.41, 5.74) is -0.811. The smallest absolute Gasteiger partial charge is 0.323 e. The molecule has 1 aliphatic rings. The third-order valence-electron chi connectivity index (χ3n) is 4.52. The van der Waals surface area contributed by atoms with Gasteiger partial charge in [-0.3, -0.25) is 4.79 Å². The first-order chi connectivity index (χ1) is 8.39. The van der Waals surface area contributed by atoms with Gasteiger partial charge in [-0.05, 0) is 46.2 Å². The normalized spacial score (nSPS) is 28.1. The first-order valence-corrected chi connectivity index (χ1v) is 7.01. The number of rotatable bonds is 6. The summed E-state index contributed by atoms with van der Waals surface area (Å²) in [6.45, 7) is 4.91. The van der Waals surface area contributed by atoms with Crippen molar-refractivity contribution < 1.29 is 9.90 Å². The zero-order valence-electron chi connectivity index (χ0n) is 12.2. The van der Waals surface area contributed by atoms with Gasteiger partial charge in [-0.2, -0.15) is 0 Å². The molecule has 1 fully saturated rings. The fourth-order valence-corrected chi connectivity index (χ4v) is 2.72. The van der Waals surface area contributed by atoms with E-state index in [1.807, 2.05) is 0 Å². The molecule has 3 unspecified atom stereocenters. The number of aliphatic carboxylic acids is 1. The monoisotopic (exact) mass is 256 g/mol. The van der Waals surface area contributed by atoms with Crippen molar-refractivity contribution in [2.45, 2.75) is 57.5 Å². The Bertz CT molecular complexity index is 283. The average molecular weight is 256 g/mol. The van der Waals surface area contributed by atoms with Gasteiger partial charge in [0, 0.05) is 12.6 Å². The quantitative estimate of drug-likeness (QED) is 0.762. The van der Waals surface area contributed by atoms with Crippen LogP contribution in [0.4, 0.5) is 0 Å². The highest BCUT2D eigenvalue weighted by Crippen LogP contribution is 2.27. The molecule has 0 amide bonds. The van der Waals surface area contributed by atoms with Gasteiger partial charge in [-0.25, -0.2) is 0 Å². The van der Waals surface area contributed by atoms with E-state index in [1.54, 1.807) is 14.0 Å². The van der Waals surface area contributed by atoms with Crippen molar-refractivity contribution in [2.24, 2.45) is 5.92 Å². The molecule has 4 heteroatoms. The summed E-state index contributed by atoms with van der Waals surface area (Å²) in [4.78, 5) is 13.6. The SMILES string of the molecule is CNC(C)(CCN(C)C1CCCC(C)C1)C(=O)O. The maximum absolute atomic E-state index is 11.2. The summed E-state index contributed by atoms with van der Waals surface area (Å²) in [6, 6.07) is 0.628. The molecule has 4 nitrogen and oxygen atoms in total. The Balaban J connectivity index is 2.44. The predicted molar refractivity (Wildman–Crippen MR) is 73.8 cm³/mol. The molecular weight excluding hydrogens is 228 g/mol. The van der Waals surface area contributed by atoms with E-state index in [1.165, 1.54) is 25.7 Å². The molecule has 1 aliphatic carbocycles. The van der Waals surface area contributed by atoms with E-state index < -0.39 is 11.5 Å². The van der Waals surface area contributed by atoms with Crippen LogP contribution in [0, 0.1) is 5.92 Å². The highest BCUT2D eigenvalue weighted by atomic mass is 16.4. The van der Waals surface area contributed by atoms with Crippen LogP contribution in [0.2, 0.25) is 0 Å². The van der Waals surface area contributed by atoms with Gasteiger partial charge in [0.1, 0.15) is 5.54 Å². The summed E-state index contributed by atoms with van der Waals surface area (Å²) in [7, 11) is 3.84. The minimum absolute atomic E-state index is 0.628. The standard InChI is InChI=1S/C14H28N2O2/c1-11-6-5-7-12(10-11)16(4)9-8-14(2,15-3)13(17)18/h11-12,15H,5-10H2,1-4H3,(H,17,18). The molecule has 1 rings (SSSR count). The van der Waals surface area contributed by atoms with Crippen molar-refractivity contribution in [3.8, 4) is 0 Å². The van der Waals surface area contributed by atoms with Crippen LogP contribution in [0.15, 0.2) is 0 Å². The maximum atomic E-state index is 11.2. The second-order valence-electron chi connectivity index (χ2n) is 6.04. The largest absolute Gasteiger partial charge is 0.480 e. The van der Waals surface area contributed by atoms with Gasteiger partial charge >= 0.3 is 5.97 Å². The van der Waals surface area contributed by atoms with E-state index in [0.29, 0.717) is 12.5 Å². The van der Waals surface area contributed by atoms with E-state index in [9.17, 15) is 9.90 Å². The Labute approximate surface area is 111 Å². The van der Waals surface area contributed by atoms with E-state index in [-0.39, 0.29) is 0 Å². The minimum atomic E-state index is -0.811. The lowest BCUT2D eigenvalue weighted by Gasteiger charge is -2.36. The Kier molecular flexibility index (Phi) is 5.60. The molecule has 0 aromatic rings. The first kappa shape index (κ1) is 15.4.